The van der Waals surface area contributed by atoms with Crippen LogP contribution in [0.25, 0.3) is 0 Å². The van der Waals surface area contributed by atoms with Crippen LogP contribution in [0.2, 0.25) is 0 Å². The van der Waals surface area contributed by atoms with E-state index in [0.29, 0.717) is 26.0 Å². The summed E-state index contributed by atoms with van der Waals surface area (Å²) in [5.41, 5.74) is 0.858. The Kier molecular flexibility index (Phi) is 4.39. The van der Waals surface area contributed by atoms with Crippen molar-refractivity contribution in [1.29, 1.82) is 0 Å². The Morgan fingerprint density at radius 1 is 1.35 bits per heavy atom. The number of nitrogens with one attached hydrogen (secondary N) is 1. The van der Waals surface area contributed by atoms with Crippen LogP contribution in [0.5, 0.6) is 0 Å². The molecule has 5 nitrogen and oxygen atoms in total. The summed E-state index contributed by atoms with van der Waals surface area (Å²) in [6.45, 7) is 5.10. The SMILES string of the molecule is CC1(C)COC(Cc2ccccc2)CN1C(=O)C1CCC(=O)N1. The molecule has 5 heteroatoms. The van der Waals surface area contributed by atoms with Crippen molar-refractivity contribution in [3.05, 3.63) is 35.9 Å². The van der Waals surface area contributed by atoms with E-state index in [9.17, 15) is 9.59 Å². The molecule has 0 spiro atoms. The minimum absolute atomic E-state index is 0.00789. The highest BCUT2D eigenvalue weighted by Crippen LogP contribution is 2.26. The number of hydrogen-bond donors (Lipinski definition) is 1. The minimum Gasteiger partial charge on any atom is -0.374 e. The predicted octanol–water partition coefficient (Wildman–Crippen LogP) is 1.51. The van der Waals surface area contributed by atoms with Gasteiger partial charge in [-0.3, -0.25) is 9.59 Å². The second-order valence-electron chi connectivity index (χ2n) is 7.04. The van der Waals surface area contributed by atoms with Crippen molar-refractivity contribution in [2.75, 3.05) is 13.2 Å². The van der Waals surface area contributed by atoms with Gasteiger partial charge < -0.3 is 15.0 Å². The lowest BCUT2D eigenvalue weighted by molar-refractivity contribution is -0.156. The Labute approximate surface area is 137 Å². The van der Waals surface area contributed by atoms with Crippen LogP contribution in [-0.4, -0.2) is 47.6 Å². The van der Waals surface area contributed by atoms with E-state index in [1.807, 2.05) is 36.9 Å². The van der Waals surface area contributed by atoms with E-state index in [2.05, 4.69) is 17.4 Å². The van der Waals surface area contributed by atoms with Gasteiger partial charge in [0.2, 0.25) is 11.8 Å². The summed E-state index contributed by atoms with van der Waals surface area (Å²) >= 11 is 0. The molecule has 2 heterocycles. The average molecular weight is 316 g/mol. The number of rotatable bonds is 3. The number of benzene rings is 1. The summed E-state index contributed by atoms with van der Waals surface area (Å²) in [6, 6.07) is 9.79. The van der Waals surface area contributed by atoms with Gasteiger partial charge in [-0.15, -0.1) is 0 Å². The normalized spacial score (nSPS) is 26.9. The predicted molar refractivity (Wildman–Crippen MR) is 86.8 cm³/mol. The van der Waals surface area contributed by atoms with E-state index in [1.165, 1.54) is 5.56 Å². The quantitative estimate of drug-likeness (QED) is 0.920. The maximum Gasteiger partial charge on any atom is 0.245 e. The van der Waals surface area contributed by atoms with Gasteiger partial charge in [0.25, 0.3) is 0 Å². The number of hydrogen-bond acceptors (Lipinski definition) is 3. The summed E-state index contributed by atoms with van der Waals surface area (Å²) in [6.07, 6.45) is 1.81. The molecule has 2 aliphatic heterocycles. The van der Waals surface area contributed by atoms with Crippen LogP contribution < -0.4 is 5.32 Å². The molecule has 2 aliphatic rings. The molecule has 124 valence electrons. The topological polar surface area (TPSA) is 58.6 Å². The van der Waals surface area contributed by atoms with E-state index in [0.717, 1.165) is 6.42 Å². The molecule has 1 aromatic rings. The van der Waals surface area contributed by atoms with Crippen LogP contribution in [0.1, 0.15) is 32.3 Å². The standard InChI is InChI=1S/C18H24N2O3/c1-18(2)12-23-14(10-13-6-4-3-5-7-13)11-20(18)17(22)15-8-9-16(21)19-15/h3-7,14-15H,8-12H2,1-2H3,(H,19,21). The zero-order chi connectivity index (χ0) is 16.4. The van der Waals surface area contributed by atoms with Crippen LogP contribution in [0.3, 0.4) is 0 Å². The molecule has 0 radical (unpaired) electrons. The maximum absolute atomic E-state index is 12.8. The van der Waals surface area contributed by atoms with Crippen LogP contribution in [-0.2, 0) is 20.7 Å². The van der Waals surface area contributed by atoms with E-state index in [-0.39, 0.29) is 29.5 Å². The Hall–Kier alpha value is -1.88. The molecule has 3 rings (SSSR count). The van der Waals surface area contributed by atoms with Gasteiger partial charge in [0.15, 0.2) is 0 Å². The third kappa shape index (κ3) is 3.55. The molecule has 2 atom stereocenters. The van der Waals surface area contributed by atoms with Gasteiger partial charge in [-0.05, 0) is 25.8 Å². The van der Waals surface area contributed by atoms with Crippen molar-refractivity contribution in [3.63, 3.8) is 0 Å². The number of ether oxygens (including phenoxy) is 1. The zero-order valence-electron chi connectivity index (χ0n) is 13.7. The third-order valence-electron chi connectivity index (χ3n) is 4.65. The summed E-state index contributed by atoms with van der Waals surface area (Å²) in [7, 11) is 0. The molecule has 2 fully saturated rings. The van der Waals surface area contributed by atoms with Crippen LogP contribution in [0.4, 0.5) is 0 Å². The summed E-state index contributed by atoms with van der Waals surface area (Å²) in [5, 5.41) is 2.78. The van der Waals surface area contributed by atoms with Crippen LogP contribution >= 0.6 is 0 Å². The molecule has 2 unspecified atom stereocenters. The first kappa shape index (κ1) is 16.0. The highest BCUT2D eigenvalue weighted by molar-refractivity contribution is 5.91. The molecule has 1 aromatic carbocycles. The summed E-state index contributed by atoms with van der Waals surface area (Å²) in [4.78, 5) is 26.1. The summed E-state index contributed by atoms with van der Waals surface area (Å²) in [5.74, 6) is -0.0162. The van der Waals surface area contributed by atoms with Gasteiger partial charge in [0.1, 0.15) is 6.04 Å². The number of carbonyl (C=O) groups is 2. The molecule has 2 saturated heterocycles. The lowest BCUT2D eigenvalue weighted by Gasteiger charge is -2.46. The zero-order valence-corrected chi connectivity index (χ0v) is 13.7. The largest absolute Gasteiger partial charge is 0.374 e. The highest BCUT2D eigenvalue weighted by Gasteiger charge is 2.41. The fourth-order valence-corrected chi connectivity index (χ4v) is 3.28. The Morgan fingerprint density at radius 3 is 2.74 bits per heavy atom. The van der Waals surface area contributed by atoms with Gasteiger partial charge in [0.05, 0.1) is 18.2 Å². The molecule has 1 N–H and O–H groups in total. The molecule has 0 saturated carbocycles. The first-order chi connectivity index (χ1) is 11.0. The van der Waals surface area contributed by atoms with Crippen molar-refractivity contribution in [3.8, 4) is 0 Å². The van der Waals surface area contributed by atoms with Crippen molar-refractivity contribution in [2.24, 2.45) is 0 Å². The number of nitrogens with zero attached hydrogens (tertiary/aromatic N) is 1. The Balaban J connectivity index is 1.69. The van der Waals surface area contributed by atoms with Crippen molar-refractivity contribution < 1.29 is 14.3 Å². The molecular weight excluding hydrogens is 292 g/mol. The smallest absolute Gasteiger partial charge is 0.245 e. The second kappa shape index (κ2) is 6.32. The second-order valence-corrected chi connectivity index (χ2v) is 7.04. The third-order valence-corrected chi connectivity index (χ3v) is 4.65. The molecule has 2 amide bonds. The van der Waals surface area contributed by atoms with Crippen LogP contribution in [0, 0.1) is 0 Å². The first-order valence-electron chi connectivity index (χ1n) is 8.22. The van der Waals surface area contributed by atoms with E-state index in [1.54, 1.807) is 0 Å². The van der Waals surface area contributed by atoms with Gasteiger partial charge in [-0.1, -0.05) is 30.3 Å². The molecule has 0 bridgehead atoms. The van der Waals surface area contributed by atoms with Gasteiger partial charge >= 0.3 is 0 Å². The van der Waals surface area contributed by atoms with E-state index >= 15 is 0 Å². The van der Waals surface area contributed by atoms with E-state index < -0.39 is 0 Å². The fraction of sp³-hybridized carbons (Fsp3) is 0.556. The average Bonchev–Trinajstić information content (AvgIpc) is 2.96. The van der Waals surface area contributed by atoms with Gasteiger partial charge in [0, 0.05) is 19.4 Å². The van der Waals surface area contributed by atoms with Crippen molar-refractivity contribution >= 4 is 11.8 Å². The highest BCUT2D eigenvalue weighted by atomic mass is 16.5. The van der Waals surface area contributed by atoms with E-state index in [4.69, 9.17) is 4.74 Å². The lowest BCUT2D eigenvalue weighted by atomic mass is 9.97. The number of morpholine rings is 1. The number of carbonyl (C=O) groups excluding carboxylic acids is 2. The first-order valence-corrected chi connectivity index (χ1v) is 8.22. The molecule has 0 aliphatic carbocycles. The monoisotopic (exact) mass is 316 g/mol. The lowest BCUT2D eigenvalue weighted by Crippen LogP contribution is -2.61. The van der Waals surface area contributed by atoms with Crippen LogP contribution in [0.15, 0.2) is 30.3 Å². The fourth-order valence-electron chi connectivity index (χ4n) is 3.28. The van der Waals surface area contributed by atoms with Crippen molar-refractivity contribution in [2.45, 2.75) is 50.8 Å². The van der Waals surface area contributed by atoms with Crippen molar-refractivity contribution in [1.82, 2.24) is 10.2 Å². The maximum atomic E-state index is 12.8. The van der Waals surface area contributed by atoms with Gasteiger partial charge in [-0.2, -0.15) is 0 Å². The Bertz CT molecular complexity index is 585. The minimum atomic E-state index is -0.378. The Morgan fingerprint density at radius 2 is 2.09 bits per heavy atom. The molecule has 0 aromatic heterocycles. The molecule has 23 heavy (non-hydrogen) atoms. The summed E-state index contributed by atoms with van der Waals surface area (Å²) < 4.78 is 5.98. The van der Waals surface area contributed by atoms with Gasteiger partial charge in [-0.25, -0.2) is 0 Å². The molecular formula is C18H24N2O3. The number of amides is 2.